The standard InChI is InChI=1S/C25H28N4O4/c1-14(2)33-22-9-20-16(12-29(27-20)25-10-17(11-25)32-13-25)8-18(22)23(30)26-19-5-4-6-28(24(19)31)21-7-15(21)3/h4-6,8-9,12,14-15,17,21H,7,10-11,13H2,1-3H3,(H,26,30)/t15-,17?,21+,25?/m0/s1. The Kier molecular flexibility index (Phi) is 4.46. The molecule has 8 nitrogen and oxygen atoms in total. The molecule has 3 aromatic rings. The molecule has 1 N–H and O–H groups in total. The minimum Gasteiger partial charge on any atom is -0.490 e. The number of anilines is 1. The van der Waals surface area contributed by atoms with Gasteiger partial charge >= 0.3 is 0 Å². The SMILES string of the molecule is CC(C)Oc1cc2nn(C34COC(C3)C4)cc2cc1C(=O)Nc1cccn([C@@H]2C[C@@H]2C)c1=O. The van der Waals surface area contributed by atoms with Gasteiger partial charge in [-0.1, -0.05) is 6.92 Å². The Bertz CT molecular complexity index is 1310. The molecule has 2 aromatic heterocycles. The molecule has 7 rings (SSSR count). The van der Waals surface area contributed by atoms with Crippen LogP contribution in [0.25, 0.3) is 10.9 Å². The van der Waals surface area contributed by atoms with Crippen molar-refractivity contribution in [3.63, 3.8) is 0 Å². The van der Waals surface area contributed by atoms with Crippen molar-refractivity contribution >= 4 is 22.5 Å². The van der Waals surface area contributed by atoms with Crippen molar-refractivity contribution in [2.75, 3.05) is 11.9 Å². The normalized spacial score (nSPS) is 27.6. The number of hydrogen-bond acceptors (Lipinski definition) is 5. The van der Waals surface area contributed by atoms with E-state index in [0.29, 0.717) is 29.9 Å². The summed E-state index contributed by atoms with van der Waals surface area (Å²) in [5, 5.41) is 8.47. The highest BCUT2D eigenvalue weighted by molar-refractivity contribution is 6.08. The fourth-order valence-corrected chi connectivity index (χ4v) is 5.12. The van der Waals surface area contributed by atoms with Crippen LogP contribution < -0.4 is 15.6 Å². The van der Waals surface area contributed by atoms with Crippen LogP contribution in [-0.4, -0.2) is 39.1 Å². The lowest BCUT2D eigenvalue weighted by Gasteiger charge is -2.35. The quantitative estimate of drug-likeness (QED) is 0.621. The van der Waals surface area contributed by atoms with Crippen molar-refractivity contribution in [2.24, 2.45) is 5.92 Å². The van der Waals surface area contributed by atoms with E-state index in [1.54, 1.807) is 29.0 Å². The third kappa shape index (κ3) is 3.35. The molecule has 0 spiro atoms. The van der Waals surface area contributed by atoms with Crippen molar-refractivity contribution in [2.45, 2.75) is 63.8 Å². The molecule has 2 atom stereocenters. The third-order valence-corrected chi connectivity index (χ3v) is 7.15. The van der Waals surface area contributed by atoms with Crippen molar-refractivity contribution in [3.05, 3.63) is 52.6 Å². The van der Waals surface area contributed by atoms with Gasteiger partial charge in [0.15, 0.2) is 0 Å². The average Bonchev–Trinajstić information content (AvgIpc) is 3.13. The van der Waals surface area contributed by atoms with E-state index in [9.17, 15) is 9.59 Å². The first-order valence-corrected chi connectivity index (χ1v) is 11.7. The predicted molar refractivity (Wildman–Crippen MR) is 124 cm³/mol. The molecule has 2 saturated heterocycles. The first-order chi connectivity index (χ1) is 15.8. The molecule has 2 bridgehead atoms. The number of pyridine rings is 1. The van der Waals surface area contributed by atoms with Gasteiger partial charge in [0.25, 0.3) is 11.5 Å². The second-order valence-electron chi connectivity index (χ2n) is 10.1. The van der Waals surface area contributed by atoms with Gasteiger partial charge in [-0.2, -0.15) is 5.10 Å². The molecule has 8 heteroatoms. The van der Waals surface area contributed by atoms with E-state index >= 15 is 0 Å². The summed E-state index contributed by atoms with van der Waals surface area (Å²) in [5.41, 5.74) is 1.18. The first-order valence-electron chi connectivity index (χ1n) is 11.7. The van der Waals surface area contributed by atoms with Crippen LogP contribution >= 0.6 is 0 Å². The zero-order chi connectivity index (χ0) is 22.9. The lowest BCUT2D eigenvalue weighted by Crippen LogP contribution is -2.43. The van der Waals surface area contributed by atoms with Gasteiger partial charge in [-0.15, -0.1) is 0 Å². The van der Waals surface area contributed by atoms with Gasteiger partial charge in [-0.3, -0.25) is 14.3 Å². The molecule has 0 radical (unpaired) electrons. The van der Waals surface area contributed by atoms with E-state index < -0.39 is 0 Å². The Balaban J connectivity index is 1.35. The molecule has 33 heavy (non-hydrogen) atoms. The summed E-state index contributed by atoms with van der Waals surface area (Å²) in [6, 6.07) is 7.28. The predicted octanol–water partition coefficient (Wildman–Crippen LogP) is 3.71. The minimum atomic E-state index is -0.370. The molecule has 1 aromatic carbocycles. The lowest BCUT2D eigenvalue weighted by atomic mass is 9.78. The van der Waals surface area contributed by atoms with Gasteiger partial charge < -0.3 is 19.4 Å². The average molecular weight is 449 g/mol. The number of ether oxygens (including phenoxy) is 2. The summed E-state index contributed by atoms with van der Waals surface area (Å²) in [5.74, 6) is 0.568. The third-order valence-electron chi connectivity index (χ3n) is 7.15. The van der Waals surface area contributed by atoms with E-state index in [1.807, 2.05) is 30.8 Å². The number of hydrogen-bond donors (Lipinski definition) is 1. The lowest BCUT2D eigenvalue weighted by molar-refractivity contribution is 0.102. The highest BCUT2D eigenvalue weighted by Gasteiger charge is 2.54. The molecule has 4 heterocycles. The second-order valence-corrected chi connectivity index (χ2v) is 10.1. The maximum absolute atomic E-state index is 13.3. The molecule has 2 aliphatic carbocycles. The van der Waals surface area contributed by atoms with Crippen molar-refractivity contribution in [3.8, 4) is 5.75 Å². The molecule has 172 valence electrons. The monoisotopic (exact) mass is 448 g/mol. The van der Waals surface area contributed by atoms with Gasteiger partial charge in [-0.25, -0.2) is 0 Å². The first kappa shape index (κ1) is 20.5. The molecule has 4 aliphatic rings. The Morgan fingerprint density at radius 1 is 1.33 bits per heavy atom. The fourth-order valence-electron chi connectivity index (χ4n) is 5.12. The summed E-state index contributed by atoms with van der Waals surface area (Å²) in [4.78, 5) is 26.2. The van der Waals surface area contributed by atoms with Gasteiger partial charge in [-0.05, 0) is 44.4 Å². The van der Waals surface area contributed by atoms with Crippen LogP contribution in [0.3, 0.4) is 0 Å². The largest absolute Gasteiger partial charge is 0.490 e. The smallest absolute Gasteiger partial charge is 0.274 e. The maximum Gasteiger partial charge on any atom is 0.274 e. The number of fused-ring (bicyclic) bond motifs is 2. The molecule has 2 saturated carbocycles. The number of carbonyl (C=O) groups is 1. The Hall–Kier alpha value is -3.13. The number of carbonyl (C=O) groups excluding carboxylic acids is 1. The summed E-state index contributed by atoms with van der Waals surface area (Å²) >= 11 is 0. The van der Waals surface area contributed by atoms with Crippen LogP contribution in [0.4, 0.5) is 5.69 Å². The van der Waals surface area contributed by atoms with Gasteiger partial charge in [0, 0.05) is 42.7 Å². The number of aromatic nitrogens is 3. The molecule has 0 unspecified atom stereocenters. The number of rotatable bonds is 6. The fraction of sp³-hybridized carbons (Fsp3) is 0.480. The highest BCUT2D eigenvalue weighted by Crippen LogP contribution is 2.48. The van der Waals surface area contributed by atoms with E-state index in [0.717, 1.165) is 30.2 Å². The van der Waals surface area contributed by atoms with E-state index in [-0.39, 0.29) is 34.8 Å². The second kappa shape index (κ2) is 7.18. The van der Waals surface area contributed by atoms with Gasteiger partial charge in [0.2, 0.25) is 0 Å². The zero-order valence-corrected chi connectivity index (χ0v) is 19.1. The summed E-state index contributed by atoms with van der Waals surface area (Å²) in [6.07, 6.45) is 6.93. The van der Waals surface area contributed by atoms with Crippen LogP contribution in [0, 0.1) is 5.92 Å². The highest BCUT2D eigenvalue weighted by atomic mass is 16.5. The Morgan fingerprint density at radius 2 is 2.12 bits per heavy atom. The molecule has 1 amide bonds. The Morgan fingerprint density at radius 3 is 2.79 bits per heavy atom. The number of benzene rings is 1. The van der Waals surface area contributed by atoms with E-state index in [1.165, 1.54) is 0 Å². The molecular formula is C25H28N4O4. The number of nitrogens with one attached hydrogen (secondary N) is 1. The Labute approximate surface area is 191 Å². The summed E-state index contributed by atoms with van der Waals surface area (Å²) in [6.45, 7) is 6.63. The summed E-state index contributed by atoms with van der Waals surface area (Å²) in [7, 11) is 0. The minimum absolute atomic E-state index is 0.0692. The molecule has 4 fully saturated rings. The van der Waals surface area contributed by atoms with Gasteiger partial charge in [0.05, 0.1) is 35.4 Å². The van der Waals surface area contributed by atoms with E-state index in [4.69, 9.17) is 14.6 Å². The van der Waals surface area contributed by atoms with Crippen LogP contribution in [-0.2, 0) is 10.3 Å². The van der Waals surface area contributed by atoms with Crippen LogP contribution in [0.1, 0.15) is 56.4 Å². The van der Waals surface area contributed by atoms with E-state index in [2.05, 4.69) is 12.2 Å². The van der Waals surface area contributed by atoms with Crippen LogP contribution in [0.15, 0.2) is 41.5 Å². The summed E-state index contributed by atoms with van der Waals surface area (Å²) < 4.78 is 15.4. The van der Waals surface area contributed by atoms with Crippen molar-refractivity contribution in [1.82, 2.24) is 14.3 Å². The number of nitrogens with zero attached hydrogens (tertiary/aromatic N) is 3. The van der Waals surface area contributed by atoms with Crippen LogP contribution in [0.5, 0.6) is 5.75 Å². The van der Waals surface area contributed by atoms with Crippen molar-refractivity contribution in [1.29, 1.82) is 0 Å². The van der Waals surface area contributed by atoms with Crippen LogP contribution in [0.2, 0.25) is 0 Å². The topological polar surface area (TPSA) is 87.4 Å². The number of amides is 1. The molecular weight excluding hydrogens is 420 g/mol. The van der Waals surface area contributed by atoms with Crippen molar-refractivity contribution < 1.29 is 14.3 Å². The maximum atomic E-state index is 13.3. The zero-order valence-electron chi connectivity index (χ0n) is 19.1. The van der Waals surface area contributed by atoms with Gasteiger partial charge in [0.1, 0.15) is 11.4 Å². The molecule has 2 aliphatic heterocycles.